The summed E-state index contributed by atoms with van der Waals surface area (Å²) in [5.41, 5.74) is 2.68. The average molecular weight is 522 g/mol. The van der Waals surface area contributed by atoms with Gasteiger partial charge in [0.1, 0.15) is 6.54 Å². The Balaban J connectivity index is 1.52. The molecule has 1 aromatic heterocycles. The number of amides is 2. The zero-order valence-electron chi connectivity index (χ0n) is 19.4. The molecule has 1 aliphatic heterocycles. The Morgan fingerprint density at radius 3 is 2.56 bits per heavy atom. The van der Waals surface area contributed by atoms with Crippen molar-refractivity contribution in [3.05, 3.63) is 115 Å². The van der Waals surface area contributed by atoms with Crippen LogP contribution < -0.4 is 0 Å². The van der Waals surface area contributed by atoms with Gasteiger partial charge in [0, 0.05) is 41.2 Å². The number of hydrogen-bond acceptors (Lipinski definition) is 5. The summed E-state index contributed by atoms with van der Waals surface area (Å²) < 4.78 is 0. The highest BCUT2D eigenvalue weighted by Gasteiger charge is 2.33. The molecule has 0 bridgehead atoms. The van der Waals surface area contributed by atoms with Crippen molar-refractivity contribution in [2.75, 3.05) is 19.6 Å². The molecule has 9 heteroatoms. The molecule has 0 radical (unpaired) electrons. The number of rotatable bonds is 8. The van der Waals surface area contributed by atoms with E-state index < -0.39 is 4.92 Å². The zero-order chi connectivity index (χ0) is 25.7. The summed E-state index contributed by atoms with van der Waals surface area (Å²) in [7, 11) is 0. The number of non-ortho nitro benzene ring substituents is 1. The molecule has 1 unspecified atom stereocenters. The Hall–Kier alpha value is -3.75. The predicted octanol–water partition coefficient (Wildman–Crippen LogP) is 5.51. The summed E-state index contributed by atoms with van der Waals surface area (Å²) in [5.74, 6) is -0.511. The number of nitro benzene ring substituents is 1. The number of carbonyl (C=O) groups is 2. The van der Waals surface area contributed by atoms with Crippen LogP contribution in [-0.4, -0.2) is 46.2 Å². The van der Waals surface area contributed by atoms with E-state index in [1.54, 1.807) is 35.6 Å². The van der Waals surface area contributed by atoms with E-state index in [1.807, 2.05) is 34.5 Å². The van der Waals surface area contributed by atoms with E-state index in [2.05, 4.69) is 12.6 Å². The molecule has 1 aliphatic rings. The van der Waals surface area contributed by atoms with Crippen molar-refractivity contribution >= 4 is 46.5 Å². The summed E-state index contributed by atoms with van der Waals surface area (Å²) in [4.78, 5) is 41.3. The minimum absolute atomic E-state index is 0.0251. The molecule has 36 heavy (non-hydrogen) atoms. The maximum absolute atomic E-state index is 13.5. The van der Waals surface area contributed by atoms with E-state index in [-0.39, 0.29) is 36.6 Å². The van der Waals surface area contributed by atoms with Crippen LogP contribution in [-0.2, 0) is 16.0 Å². The van der Waals surface area contributed by atoms with Gasteiger partial charge in [-0.05, 0) is 64.9 Å². The summed E-state index contributed by atoms with van der Waals surface area (Å²) >= 11 is 7.78. The highest BCUT2D eigenvalue weighted by Crippen LogP contribution is 2.38. The molecule has 0 saturated carbocycles. The van der Waals surface area contributed by atoms with E-state index in [0.29, 0.717) is 17.1 Å². The molecule has 0 spiro atoms. The monoisotopic (exact) mass is 521 g/mol. The van der Waals surface area contributed by atoms with Crippen molar-refractivity contribution in [3.63, 3.8) is 0 Å². The highest BCUT2D eigenvalue weighted by atomic mass is 35.5. The third-order valence-corrected chi connectivity index (χ3v) is 7.23. The molecule has 2 heterocycles. The van der Waals surface area contributed by atoms with Crippen molar-refractivity contribution in [2.45, 2.75) is 12.5 Å². The summed E-state index contributed by atoms with van der Waals surface area (Å²) in [6, 6.07) is 15.2. The Morgan fingerprint density at radius 2 is 1.89 bits per heavy atom. The molecule has 0 N–H and O–H groups in total. The lowest BCUT2D eigenvalue weighted by Crippen LogP contribution is -2.46. The van der Waals surface area contributed by atoms with Gasteiger partial charge in [0.25, 0.3) is 5.69 Å². The van der Waals surface area contributed by atoms with Crippen LogP contribution in [0.4, 0.5) is 5.69 Å². The first-order valence-corrected chi connectivity index (χ1v) is 12.6. The number of nitro groups is 1. The van der Waals surface area contributed by atoms with Crippen LogP contribution in [0.25, 0.3) is 6.08 Å². The molecule has 0 saturated heterocycles. The van der Waals surface area contributed by atoms with Crippen LogP contribution in [0.3, 0.4) is 0 Å². The minimum atomic E-state index is -0.479. The molecule has 184 valence electrons. The van der Waals surface area contributed by atoms with Crippen molar-refractivity contribution in [2.24, 2.45) is 0 Å². The van der Waals surface area contributed by atoms with Gasteiger partial charge < -0.3 is 9.80 Å². The average Bonchev–Trinajstić information content (AvgIpc) is 3.36. The van der Waals surface area contributed by atoms with E-state index in [4.69, 9.17) is 11.6 Å². The van der Waals surface area contributed by atoms with Gasteiger partial charge in [0.05, 0.1) is 11.0 Å². The van der Waals surface area contributed by atoms with Gasteiger partial charge in [0.2, 0.25) is 11.8 Å². The van der Waals surface area contributed by atoms with Gasteiger partial charge in [-0.2, -0.15) is 0 Å². The maximum Gasteiger partial charge on any atom is 0.269 e. The fraction of sp³-hybridized carbons (Fsp3) is 0.185. The molecule has 4 rings (SSSR count). The second-order valence-electron chi connectivity index (χ2n) is 8.28. The van der Waals surface area contributed by atoms with Gasteiger partial charge in [-0.25, -0.2) is 0 Å². The summed E-state index contributed by atoms with van der Waals surface area (Å²) in [6.07, 6.45) is 5.27. The van der Waals surface area contributed by atoms with Gasteiger partial charge in [-0.3, -0.25) is 19.7 Å². The number of nitrogens with zero attached hydrogens (tertiary/aromatic N) is 3. The fourth-order valence-corrected chi connectivity index (χ4v) is 5.24. The van der Waals surface area contributed by atoms with Gasteiger partial charge in [-0.1, -0.05) is 29.8 Å². The smallest absolute Gasteiger partial charge is 0.269 e. The molecule has 0 aliphatic carbocycles. The Kier molecular flexibility index (Phi) is 7.97. The Morgan fingerprint density at radius 1 is 1.17 bits per heavy atom. The summed E-state index contributed by atoms with van der Waals surface area (Å²) in [5, 5.41) is 13.5. The zero-order valence-corrected chi connectivity index (χ0v) is 21.0. The number of carbonyl (C=O) groups excluding carboxylic acids is 2. The van der Waals surface area contributed by atoms with Crippen molar-refractivity contribution < 1.29 is 14.5 Å². The normalized spacial score (nSPS) is 14.9. The lowest BCUT2D eigenvalue weighted by molar-refractivity contribution is -0.384. The molecule has 7 nitrogen and oxygen atoms in total. The van der Waals surface area contributed by atoms with Crippen molar-refractivity contribution in [1.82, 2.24) is 9.80 Å². The first-order chi connectivity index (χ1) is 17.4. The van der Waals surface area contributed by atoms with Gasteiger partial charge in [-0.15, -0.1) is 17.9 Å². The summed E-state index contributed by atoms with van der Waals surface area (Å²) in [6.45, 7) is 4.38. The largest absolute Gasteiger partial charge is 0.330 e. The van der Waals surface area contributed by atoms with Crippen LogP contribution in [0.1, 0.15) is 27.6 Å². The number of hydrogen-bond donors (Lipinski definition) is 0. The van der Waals surface area contributed by atoms with Crippen LogP contribution in [0, 0.1) is 10.1 Å². The number of halogens is 1. The Bertz CT molecular complexity index is 1300. The molecule has 0 fully saturated rings. The number of thiophene rings is 1. The minimum Gasteiger partial charge on any atom is -0.330 e. The Labute approximate surface area is 218 Å². The number of benzene rings is 2. The van der Waals surface area contributed by atoms with Crippen molar-refractivity contribution in [3.8, 4) is 0 Å². The third kappa shape index (κ3) is 5.72. The molecule has 3 aromatic rings. The number of fused-ring (bicyclic) bond motifs is 1. The lowest BCUT2D eigenvalue weighted by atomic mass is 9.93. The SMILES string of the molecule is C=CCN(CC(=O)N1CCc2sccc2C1c1ccc(Cl)cc1)C(=O)C=Cc1ccc([N+](=O)[O-])cc1. The standard InChI is InChI=1S/C27H24ClN3O4S/c1-2-15-29(25(32)12-5-19-3-10-22(11-4-19)31(34)35)18-26(33)30-16-13-24-23(14-17-36-24)27(30)20-6-8-21(28)9-7-20/h2-12,14,17,27H,1,13,15-16,18H2. The molecular weight excluding hydrogens is 498 g/mol. The van der Waals surface area contributed by atoms with Crippen LogP contribution >= 0.6 is 22.9 Å². The van der Waals surface area contributed by atoms with E-state index in [1.165, 1.54) is 28.0 Å². The van der Waals surface area contributed by atoms with Gasteiger partial charge >= 0.3 is 0 Å². The maximum atomic E-state index is 13.5. The quantitative estimate of drug-likeness (QED) is 0.169. The first-order valence-electron chi connectivity index (χ1n) is 11.3. The molecule has 1 atom stereocenters. The van der Waals surface area contributed by atoms with Gasteiger partial charge in [0.15, 0.2) is 0 Å². The van der Waals surface area contributed by atoms with E-state index in [9.17, 15) is 19.7 Å². The molecule has 2 aromatic carbocycles. The molecule has 2 amide bonds. The van der Waals surface area contributed by atoms with Crippen LogP contribution in [0.15, 0.2) is 78.7 Å². The third-order valence-electron chi connectivity index (χ3n) is 5.98. The van der Waals surface area contributed by atoms with E-state index >= 15 is 0 Å². The van der Waals surface area contributed by atoms with Crippen molar-refractivity contribution in [1.29, 1.82) is 0 Å². The van der Waals surface area contributed by atoms with E-state index in [0.717, 1.165) is 17.5 Å². The molecular formula is C27H24ClN3O4S. The lowest BCUT2D eigenvalue weighted by Gasteiger charge is -2.37. The van der Waals surface area contributed by atoms with Crippen LogP contribution in [0.2, 0.25) is 5.02 Å². The second-order valence-corrected chi connectivity index (χ2v) is 9.72. The topological polar surface area (TPSA) is 83.8 Å². The fourth-order valence-electron chi connectivity index (χ4n) is 4.21. The predicted molar refractivity (Wildman–Crippen MR) is 142 cm³/mol. The first kappa shape index (κ1) is 25.3. The van der Waals surface area contributed by atoms with Crippen LogP contribution in [0.5, 0.6) is 0 Å². The second kappa shape index (κ2) is 11.3. The highest BCUT2D eigenvalue weighted by molar-refractivity contribution is 7.10.